The number of hydrogen-bond donors (Lipinski definition) is 1. The van der Waals surface area contributed by atoms with Gasteiger partial charge in [0, 0.05) is 17.0 Å². The molecule has 0 aliphatic rings. The second kappa shape index (κ2) is 7.16. The summed E-state index contributed by atoms with van der Waals surface area (Å²) in [5, 5.41) is 0.461. The van der Waals surface area contributed by atoms with Crippen LogP contribution in [0.5, 0.6) is 0 Å². The van der Waals surface area contributed by atoms with E-state index in [0.717, 1.165) is 39.6 Å². The Morgan fingerprint density at radius 1 is 1.00 bits per heavy atom. The third kappa shape index (κ3) is 3.20. The number of H-pyrrole nitrogens is 1. The Morgan fingerprint density at radius 2 is 1.81 bits per heavy atom. The number of imidazole rings is 1. The van der Waals surface area contributed by atoms with E-state index in [0.29, 0.717) is 10.9 Å². The molecule has 0 spiro atoms. The average molecular weight is 415 g/mol. The maximum atomic E-state index is 14.4. The molecule has 0 saturated carbocycles. The van der Waals surface area contributed by atoms with E-state index in [1.165, 1.54) is 12.1 Å². The molecule has 5 aromatic rings. The standard InChI is InChI=1S/C25H19F2N3O/c1-14-7-8-15(2)18(11-14)25-28-20-5-3-4-6-21(20)30(25)13-16-12-22(31)29-24-17(16)9-10-19(26)23(24)27/h3-12H,13H2,1-2H3,(H,29,31). The van der Waals surface area contributed by atoms with Gasteiger partial charge in [0.2, 0.25) is 5.56 Å². The van der Waals surface area contributed by atoms with Gasteiger partial charge in [-0.15, -0.1) is 0 Å². The summed E-state index contributed by atoms with van der Waals surface area (Å²) >= 11 is 0. The molecule has 4 nitrogen and oxygen atoms in total. The van der Waals surface area contributed by atoms with Crippen molar-refractivity contribution >= 4 is 21.9 Å². The van der Waals surface area contributed by atoms with Gasteiger partial charge in [-0.05, 0) is 55.3 Å². The monoisotopic (exact) mass is 415 g/mol. The number of benzene rings is 3. The fraction of sp³-hybridized carbons (Fsp3) is 0.120. The molecule has 0 aliphatic heterocycles. The predicted octanol–water partition coefficient (Wildman–Crippen LogP) is 5.49. The molecule has 31 heavy (non-hydrogen) atoms. The van der Waals surface area contributed by atoms with Crippen molar-refractivity contribution in [3.8, 4) is 11.4 Å². The van der Waals surface area contributed by atoms with Crippen molar-refractivity contribution in [1.29, 1.82) is 0 Å². The van der Waals surface area contributed by atoms with Gasteiger partial charge >= 0.3 is 0 Å². The van der Waals surface area contributed by atoms with Crippen LogP contribution in [0.25, 0.3) is 33.3 Å². The number of aromatic nitrogens is 3. The molecular formula is C25H19F2N3O. The fourth-order valence-electron chi connectivity index (χ4n) is 4.05. The van der Waals surface area contributed by atoms with E-state index in [1.807, 2.05) is 48.7 Å². The molecule has 0 bridgehead atoms. The van der Waals surface area contributed by atoms with Crippen LogP contribution < -0.4 is 5.56 Å². The Bertz CT molecular complexity index is 1530. The summed E-state index contributed by atoms with van der Waals surface area (Å²) in [6.45, 7) is 4.34. The zero-order valence-electron chi connectivity index (χ0n) is 17.0. The van der Waals surface area contributed by atoms with Crippen LogP contribution in [0.4, 0.5) is 8.78 Å². The number of fused-ring (bicyclic) bond motifs is 2. The first-order chi connectivity index (χ1) is 14.9. The Hall–Kier alpha value is -3.80. The smallest absolute Gasteiger partial charge is 0.248 e. The van der Waals surface area contributed by atoms with Crippen LogP contribution in [-0.2, 0) is 6.54 Å². The summed E-state index contributed by atoms with van der Waals surface area (Å²) < 4.78 is 30.1. The lowest BCUT2D eigenvalue weighted by atomic mass is 10.0. The molecule has 2 heterocycles. The molecule has 0 amide bonds. The molecule has 154 valence electrons. The molecular weight excluding hydrogens is 396 g/mol. The molecule has 0 fully saturated rings. The van der Waals surface area contributed by atoms with Crippen molar-refractivity contribution in [3.05, 3.63) is 99.3 Å². The number of rotatable bonds is 3. The third-order valence-electron chi connectivity index (χ3n) is 5.61. The van der Waals surface area contributed by atoms with Crippen molar-refractivity contribution in [2.45, 2.75) is 20.4 Å². The molecule has 3 aromatic carbocycles. The molecule has 2 aromatic heterocycles. The SMILES string of the molecule is Cc1ccc(C)c(-c2nc3ccccc3n2Cc2cc(=O)[nH]c3c(F)c(F)ccc23)c1. The van der Waals surface area contributed by atoms with E-state index in [2.05, 4.69) is 17.1 Å². The van der Waals surface area contributed by atoms with Crippen molar-refractivity contribution < 1.29 is 8.78 Å². The van der Waals surface area contributed by atoms with Gasteiger partial charge < -0.3 is 9.55 Å². The molecule has 0 unspecified atom stereocenters. The van der Waals surface area contributed by atoms with E-state index in [4.69, 9.17) is 4.98 Å². The van der Waals surface area contributed by atoms with Crippen molar-refractivity contribution in [2.24, 2.45) is 0 Å². The largest absolute Gasteiger partial charge is 0.319 e. The molecule has 5 rings (SSSR count). The highest BCUT2D eigenvalue weighted by molar-refractivity contribution is 5.84. The Balaban J connectivity index is 1.78. The van der Waals surface area contributed by atoms with Gasteiger partial charge in [-0.25, -0.2) is 13.8 Å². The lowest BCUT2D eigenvalue weighted by molar-refractivity contribution is 0.515. The van der Waals surface area contributed by atoms with Crippen LogP contribution >= 0.6 is 0 Å². The minimum Gasteiger partial charge on any atom is -0.319 e. The number of aromatic amines is 1. The lowest BCUT2D eigenvalue weighted by Gasteiger charge is -2.14. The second-order valence-electron chi connectivity index (χ2n) is 7.77. The molecule has 0 atom stereocenters. The number of nitrogens with zero attached hydrogens (tertiary/aromatic N) is 2. The van der Waals surface area contributed by atoms with Gasteiger partial charge in [0.15, 0.2) is 11.6 Å². The van der Waals surface area contributed by atoms with Crippen LogP contribution in [0.2, 0.25) is 0 Å². The summed E-state index contributed by atoms with van der Waals surface area (Å²) in [5.74, 6) is -1.29. The van der Waals surface area contributed by atoms with Gasteiger partial charge in [-0.1, -0.05) is 29.8 Å². The highest BCUT2D eigenvalue weighted by Gasteiger charge is 2.17. The minimum absolute atomic E-state index is 0.125. The minimum atomic E-state index is -1.05. The molecule has 1 N–H and O–H groups in total. The van der Waals surface area contributed by atoms with Crippen molar-refractivity contribution in [3.63, 3.8) is 0 Å². The first kappa shape index (κ1) is 19.2. The zero-order valence-corrected chi connectivity index (χ0v) is 17.0. The number of hydrogen-bond acceptors (Lipinski definition) is 2. The van der Waals surface area contributed by atoms with Gasteiger partial charge in [-0.3, -0.25) is 4.79 Å². The van der Waals surface area contributed by atoms with Crippen LogP contribution in [0.15, 0.2) is 65.5 Å². The van der Waals surface area contributed by atoms with Gasteiger partial charge in [0.05, 0.1) is 23.1 Å². The first-order valence-corrected chi connectivity index (χ1v) is 9.95. The molecule has 0 radical (unpaired) electrons. The fourth-order valence-corrected chi connectivity index (χ4v) is 4.05. The summed E-state index contributed by atoms with van der Waals surface area (Å²) in [4.78, 5) is 19.5. The zero-order chi connectivity index (χ0) is 21.7. The van der Waals surface area contributed by atoms with Crippen molar-refractivity contribution in [2.75, 3.05) is 0 Å². The number of halogens is 2. The van der Waals surface area contributed by atoms with E-state index in [9.17, 15) is 13.6 Å². The number of pyridine rings is 1. The molecule has 0 aliphatic carbocycles. The Morgan fingerprint density at radius 3 is 2.65 bits per heavy atom. The Labute approximate surface area is 176 Å². The lowest BCUT2D eigenvalue weighted by Crippen LogP contribution is -2.11. The summed E-state index contributed by atoms with van der Waals surface area (Å²) in [6, 6.07) is 17.9. The Kier molecular flexibility index (Phi) is 4.43. The summed E-state index contributed by atoms with van der Waals surface area (Å²) in [7, 11) is 0. The van der Waals surface area contributed by atoms with Crippen molar-refractivity contribution in [1.82, 2.24) is 14.5 Å². The normalized spacial score (nSPS) is 11.5. The van der Waals surface area contributed by atoms with Crippen LogP contribution in [-0.4, -0.2) is 14.5 Å². The van der Waals surface area contributed by atoms with Gasteiger partial charge in [0.25, 0.3) is 0 Å². The van der Waals surface area contributed by atoms with E-state index < -0.39 is 17.2 Å². The van der Waals surface area contributed by atoms with Crippen LogP contribution in [0.1, 0.15) is 16.7 Å². The number of para-hydroxylation sites is 2. The van der Waals surface area contributed by atoms with E-state index in [1.54, 1.807) is 0 Å². The topological polar surface area (TPSA) is 50.7 Å². The number of nitrogens with one attached hydrogen (secondary N) is 1. The highest BCUT2D eigenvalue weighted by atomic mass is 19.2. The second-order valence-corrected chi connectivity index (χ2v) is 7.77. The maximum absolute atomic E-state index is 14.4. The van der Waals surface area contributed by atoms with E-state index in [-0.39, 0.29) is 12.1 Å². The number of aryl methyl sites for hydroxylation is 2. The molecule has 6 heteroatoms. The summed E-state index contributed by atoms with van der Waals surface area (Å²) in [6.07, 6.45) is 0. The van der Waals surface area contributed by atoms with E-state index >= 15 is 0 Å². The predicted molar refractivity (Wildman–Crippen MR) is 118 cm³/mol. The third-order valence-corrected chi connectivity index (χ3v) is 5.61. The van der Waals surface area contributed by atoms with Crippen LogP contribution in [0, 0.1) is 25.5 Å². The molecule has 0 saturated heterocycles. The quantitative estimate of drug-likeness (QED) is 0.424. The average Bonchev–Trinajstić information content (AvgIpc) is 3.11. The summed E-state index contributed by atoms with van der Waals surface area (Å²) in [5.41, 5.74) is 4.88. The maximum Gasteiger partial charge on any atom is 0.248 e. The highest BCUT2D eigenvalue weighted by Crippen LogP contribution is 2.30. The van der Waals surface area contributed by atoms with Gasteiger partial charge in [0.1, 0.15) is 5.82 Å². The van der Waals surface area contributed by atoms with Crippen LogP contribution in [0.3, 0.4) is 0 Å². The first-order valence-electron chi connectivity index (χ1n) is 9.95. The van der Waals surface area contributed by atoms with Gasteiger partial charge in [-0.2, -0.15) is 0 Å².